The minimum Gasteiger partial charge on any atom is -0.493 e. The Morgan fingerprint density at radius 1 is 1.05 bits per heavy atom. The van der Waals surface area contributed by atoms with Gasteiger partial charge in [-0.25, -0.2) is 0 Å². The van der Waals surface area contributed by atoms with E-state index in [4.69, 9.17) is 9.47 Å². The smallest absolute Gasteiger partial charge is 0.193 e. The molecule has 0 radical (unpaired) electrons. The Kier molecular flexibility index (Phi) is 4.22. The van der Waals surface area contributed by atoms with Crippen LogP contribution in [0.2, 0.25) is 0 Å². The predicted octanol–water partition coefficient (Wildman–Crippen LogP) is 2.31. The van der Waals surface area contributed by atoms with Gasteiger partial charge in [0.2, 0.25) is 0 Å². The van der Waals surface area contributed by atoms with Gasteiger partial charge in [-0.2, -0.15) is 0 Å². The molecule has 2 aromatic rings. The second-order valence-electron chi connectivity index (χ2n) is 5.66. The van der Waals surface area contributed by atoms with Crippen molar-refractivity contribution in [2.75, 3.05) is 26.4 Å². The highest BCUT2D eigenvalue weighted by Crippen LogP contribution is 2.28. The SMILES string of the molecule is O=C(c1ccccc1)c1ccc(OCC2(CO)COC2)cc1. The average molecular weight is 298 g/mol. The molecule has 1 N–H and O–H groups in total. The molecule has 0 spiro atoms. The van der Waals surface area contributed by atoms with Crippen LogP contribution < -0.4 is 4.74 Å². The first kappa shape index (κ1) is 14.8. The Labute approximate surface area is 129 Å². The van der Waals surface area contributed by atoms with Gasteiger partial charge in [0.05, 0.1) is 25.2 Å². The molecule has 0 saturated carbocycles. The summed E-state index contributed by atoms with van der Waals surface area (Å²) in [5.41, 5.74) is 1.02. The van der Waals surface area contributed by atoms with Gasteiger partial charge in [-0.3, -0.25) is 4.79 Å². The number of ether oxygens (including phenoxy) is 2. The predicted molar refractivity (Wildman–Crippen MR) is 82.1 cm³/mol. The third-order valence-electron chi connectivity index (χ3n) is 3.85. The van der Waals surface area contributed by atoms with Crippen LogP contribution in [-0.2, 0) is 4.74 Å². The molecule has 22 heavy (non-hydrogen) atoms. The van der Waals surface area contributed by atoms with Crippen molar-refractivity contribution in [1.82, 2.24) is 0 Å². The Bertz CT molecular complexity index is 624. The molecule has 4 nitrogen and oxygen atoms in total. The number of ketones is 1. The quantitative estimate of drug-likeness (QED) is 0.832. The average Bonchev–Trinajstić information content (AvgIpc) is 2.55. The van der Waals surface area contributed by atoms with Crippen molar-refractivity contribution in [2.45, 2.75) is 0 Å². The summed E-state index contributed by atoms with van der Waals surface area (Å²) in [6, 6.07) is 16.2. The second kappa shape index (κ2) is 6.30. The van der Waals surface area contributed by atoms with E-state index in [1.54, 1.807) is 36.4 Å². The number of hydrogen-bond donors (Lipinski definition) is 1. The van der Waals surface area contributed by atoms with Gasteiger partial charge < -0.3 is 14.6 Å². The third kappa shape index (κ3) is 3.03. The molecule has 0 amide bonds. The van der Waals surface area contributed by atoms with E-state index in [2.05, 4.69) is 0 Å². The van der Waals surface area contributed by atoms with E-state index in [9.17, 15) is 9.90 Å². The van der Waals surface area contributed by atoms with Crippen LogP contribution in [0.3, 0.4) is 0 Å². The van der Waals surface area contributed by atoms with Gasteiger partial charge in [0.15, 0.2) is 5.78 Å². The summed E-state index contributed by atoms with van der Waals surface area (Å²) in [5.74, 6) is 0.677. The highest BCUT2D eigenvalue weighted by atomic mass is 16.5. The molecule has 1 heterocycles. The maximum absolute atomic E-state index is 12.3. The highest BCUT2D eigenvalue weighted by Gasteiger charge is 2.39. The Hall–Kier alpha value is -2.17. The molecule has 1 fully saturated rings. The van der Waals surface area contributed by atoms with Gasteiger partial charge in [-0.1, -0.05) is 30.3 Å². The van der Waals surface area contributed by atoms with Crippen molar-refractivity contribution in [3.8, 4) is 5.75 Å². The Morgan fingerprint density at radius 3 is 2.23 bits per heavy atom. The number of rotatable bonds is 6. The van der Waals surface area contributed by atoms with E-state index in [1.807, 2.05) is 18.2 Å². The molecular formula is C18H18O4. The van der Waals surface area contributed by atoms with Crippen LogP contribution >= 0.6 is 0 Å². The summed E-state index contributed by atoms with van der Waals surface area (Å²) in [7, 11) is 0. The van der Waals surface area contributed by atoms with Crippen molar-refractivity contribution in [1.29, 1.82) is 0 Å². The molecule has 1 saturated heterocycles. The lowest BCUT2D eigenvalue weighted by Gasteiger charge is -2.39. The van der Waals surface area contributed by atoms with Gasteiger partial charge in [0.25, 0.3) is 0 Å². The topological polar surface area (TPSA) is 55.8 Å². The largest absolute Gasteiger partial charge is 0.493 e. The Morgan fingerprint density at radius 2 is 1.68 bits per heavy atom. The van der Waals surface area contributed by atoms with Crippen molar-refractivity contribution in [2.24, 2.45) is 5.41 Å². The van der Waals surface area contributed by atoms with Gasteiger partial charge in [-0.05, 0) is 24.3 Å². The first-order valence-corrected chi connectivity index (χ1v) is 7.24. The number of carbonyl (C=O) groups excluding carboxylic acids is 1. The van der Waals surface area contributed by atoms with Crippen LogP contribution in [0.15, 0.2) is 54.6 Å². The molecule has 0 aromatic heterocycles. The number of carbonyl (C=O) groups is 1. The summed E-state index contributed by atoms with van der Waals surface area (Å²) < 4.78 is 10.8. The minimum atomic E-state index is -0.279. The summed E-state index contributed by atoms with van der Waals surface area (Å²) in [6.07, 6.45) is 0. The van der Waals surface area contributed by atoms with Crippen LogP contribution in [0.25, 0.3) is 0 Å². The molecular weight excluding hydrogens is 280 g/mol. The molecule has 1 aliphatic heterocycles. The van der Waals surface area contributed by atoms with Crippen molar-refractivity contribution < 1.29 is 19.4 Å². The zero-order valence-corrected chi connectivity index (χ0v) is 12.2. The molecule has 0 aliphatic carbocycles. The molecule has 3 rings (SSSR count). The van der Waals surface area contributed by atoms with Crippen LogP contribution in [0.4, 0.5) is 0 Å². The van der Waals surface area contributed by atoms with Crippen molar-refractivity contribution in [3.05, 3.63) is 65.7 Å². The molecule has 1 aliphatic rings. The van der Waals surface area contributed by atoms with Crippen LogP contribution in [0.1, 0.15) is 15.9 Å². The normalized spacial score (nSPS) is 15.9. The van der Waals surface area contributed by atoms with E-state index in [0.717, 1.165) is 0 Å². The standard InChI is InChI=1S/C18H18O4/c19-10-18(11-21-12-18)13-22-16-8-6-15(7-9-16)17(20)14-4-2-1-3-5-14/h1-9,19H,10-13H2. The number of aliphatic hydroxyl groups excluding tert-OH is 1. The van der Waals surface area contributed by atoms with Gasteiger partial charge in [0.1, 0.15) is 12.4 Å². The first-order valence-electron chi connectivity index (χ1n) is 7.24. The molecule has 2 aromatic carbocycles. The fourth-order valence-electron chi connectivity index (χ4n) is 2.31. The fourth-order valence-corrected chi connectivity index (χ4v) is 2.31. The van der Waals surface area contributed by atoms with Crippen LogP contribution in [-0.4, -0.2) is 37.3 Å². The minimum absolute atomic E-state index is 0.00799. The van der Waals surface area contributed by atoms with E-state index in [1.165, 1.54) is 0 Å². The summed E-state index contributed by atoms with van der Waals surface area (Å²) in [4.78, 5) is 12.3. The van der Waals surface area contributed by atoms with Crippen molar-refractivity contribution in [3.63, 3.8) is 0 Å². The maximum Gasteiger partial charge on any atom is 0.193 e. The lowest BCUT2D eigenvalue weighted by atomic mass is 9.88. The first-order chi connectivity index (χ1) is 10.7. The van der Waals surface area contributed by atoms with Crippen molar-refractivity contribution >= 4 is 5.78 Å². The monoisotopic (exact) mass is 298 g/mol. The highest BCUT2D eigenvalue weighted by molar-refractivity contribution is 6.08. The summed E-state index contributed by atoms with van der Waals surface area (Å²) >= 11 is 0. The zero-order valence-electron chi connectivity index (χ0n) is 12.2. The van der Waals surface area contributed by atoms with E-state index in [0.29, 0.717) is 36.7 Å². The molecule has 0 unspecified atom stereocenters. The fraction of sp³-hybridized carbons (Fsp3) is 0.278. The van der Waals surface area contributed by atoms with E-state index < -0.39 is 0 Å². The summed E-state index contributed by atoms with van der Waals surface area (Å²) in [5, 5.41) is 9.35. The van der Waals surface area contributed by atoms with Gasteiger partial charge in [-0.15, -0.1) is 0 Å². The number of hydrogen-bond acceptors (Lipinski definition) is 4. The molecule has 4 heteroatoms. The van der Waals surface area contributed by atoms with Gasteiger partial charge in [0, 0.05) is 11.1 Å². The van der Waals surface area contributed by atoms with Crippen LogP contribution in [0.5, 0.6) is 5.75 Å². The third-order valence-corrected chi connectivity index (χ3v) is 3.85. The Balaban J connectivity index is 1.64. The lowest BCUT2D eigenvalue weighted by Crippen LogP contribution is -2.49. The van der Waals surface area contributed by atoms with Crippen LogP contribution in [0, 0.1) is 5.41 Å². The maximum atomic E-state index is 12.3. The molecule has 0 atom stereocenters. The zero-order chi connectivity index (χ0) is 15.4. The molecule has 0 bridgehead atoms. The van der Waals surface area contributed by atoms with E-state index in [-0.39, 0.29) is 17.8 Å². The van der Waals surface area contributed by atoms with E-state index >= 15 is 0 Å². The summed E-state index contributed by atoms with van der Waals surface area (Å²) in [6.45, 7) is 1.51. The van der Waals surface area contributed by atoms with Gasteiger partial charge >= 0.3 is 0 Å². The lowest BCUT2D eigenvalue weighted by molar-refractivity contribution is -0.153. The molecule has 114 valence electrons. The second-order valence-corrected chi connectivity index (χ2v) is 5.66. The number of benzene rings is 2. The number of aliphatic hydroxyl groups is 1.